The van der Waals surface area contributed by atoms with E-state index >= 15 is 0 Å². The molecule has 1 aliphatic rings. The second-order valence-corrected chi connectivity index (χ2v) is 10.1. The van der Waals surface area contributed by atoms with E-state index in [1.807, 2.05) is 103 Å². The molecule has 0 amide bonds. The summed E-state index contributed by atoms with van der Waals surface area (Å²) >= 11 is 1.28. The Bertz CT molecular complexity index is 1930. The molecular formula is C30H23N5O4S. The number of rotatable bonds is 6. The van der Waals surface area contributed by atoms with Gasteiger partial charge < -0.3 is 14.2 Å². The summed E-state index contributed by atoms with van der Waals surface area (Å²) in [6.45, 7) is 2.82. The minimum absolute atomic E-state index is 0.249. The van der Waals surface area contributed by atoms with E-state index in [1.54, 1.807) is 0 Å². The molecule has 3 aromatic carbocycles. The number of benzene rings is 3. The summed E-state index contributed by atoms with van der Waals surface area (Å²) in [5.74, 6) is 2.51. The van der Waals surface area contributed by atoms with E-state index in [2.05, 4.69) is 10.1 Å². The first kappa shape index (κ1) is 24.1. The molecule has 6 aromatic rings. The van der Waals surface area contributed by atoms with E-state index in [4.69, 9.17) is 19.3 Å². The van der Waals surface area contributed by atoms with Gasteiger partial charge in [0, 0.05) is 17.3 Å². The molecule has 7 rings (SSSR count). The van der Waals surface area contributed by atoms with E-state index in [1.165, 1.54) is 15.9 Å². The molecular weight excluding hydrogens is 526 g/mol. The fourth-order valence-electron chi connectivity index (χ4n) is 4.58. The van der Waals surface area contributed by atoms with Crippen molar-refractivity contribution in [2.75, 3.05) is 13.2 Å². The topological polar surface area (TPSA) is 92.8 Å². The summed E-state index contributed by atoms with van der Waals surface area (Å²) in [7, 11) is 0. The normalized spacial score (nSPS) is 15.0. The van der Waals surface area contributed by atoms with Gasteiger partial charge in [-0.2, -0.15) is 14.6 Å². The van der Waals surface area contributed by atoms with E-state index in [9.17, 15) is 4.79 Å². The molecule has 0 spiro atoms. The van der Waals surface area contributed by atoms with E-state index in [-0.39, 0.29) is 12.2 Å². The molecule has 1 atom stereocenters. The van der Waals surface area contributed by atoms with Gasteiger partial charge in [0.05, 0.1) is 16.8 Å². The van der Waals surface area contributed by atoms with Crippen molar-refractivity contribution in [2.45, 2.75) is 13.0 Å². The van der Waals surface area contributed by atoms with Crippen molar-refractivity contribution in [1.29, 1.82) is 0 Å². The van der Waals surface area contributed by atoms with Crippen LogP contribution in [0, 0.1) is 0 Å². The lowest BCUT2D eigenvalue weighted by Gasteiger charge is -2.24. The van der Waals surface area contributed by atoms with Crippen LogP contribution >= 0.6 is 11.3 Å². The molecule has 0 aliphatic carbocycles. The SMILES string of the molecule is CCOc1ccc(-c2nn(-c3ccccc3)cc2/C=c2\sc3nc(C4COc5ccccc5O4)nn3c2=O)cc1. The predicted molar refractivity (Wildman–Crippen MR) is 151 cm³/mol. The zero-order chi connectivity index (χ0) is 27.1. The van der Waals surface area contributed by atoms with Crippen molar-refractivity contribution >= 4 is 22.4 Å². The molecule has 0 radical (unpaired) electrons. The molecule has 0 saturated heterocycles. The molecule has 0 fully saturated rings. The van der Waals surface area contributed by atoms with Crippen LogP contribution in [0.1, 0.15) is 24.4 Å². The lowest BCUT2D eigenvalue weighted by atomic mass is 10.1. The molecule has 0 saturated carbocycles. The third kappa shape index (κ3) is 4.38. The van der Waals surface area contributed by atoms with Gasteiger partial charge in [0.25, 0.3) is 5.56 Å². The van der Waals surface area contributed by atoms with Crippen LogP contribution in [0.25, 0.3) is 28.0 Å². The van der Waals surface area contributed by atoms with Crippen LogP contribution in [-0.2, 0) is 0 Å². The van der Waals surface area contributed by atoms with Crippen molar-refractivity contribution in [3.8, 4) is 34.2 Å². The molecule has 1 aliphatic heterocycles. The maximum atomic E-state index is 13.4. The molecule has 3 aromatic heterocycles. The zero-order valence-electron chi connectivity index (χ0n) is 21.4. The van der Waals surface area contributed by atoms with Crippen LogP contribution in [-0.4, -0.2) is 37.6 Å². The number of hydrogen-bond donors (Lipinski definition) is 0. The van der Waals surface area contributed by atoms with Crippen molar-refractivity contribution in [2.24, 2.45) is 0 Å². The fraction of sp³-hybridized carbons (Fsp3) is 0.133. The van der Waals surface area contributed by atoms with Crippen LogP contribution in [0.5, 0.6) is 17.2 Å². The number of aromatic nitrogens is 5. The van der Waals surface area contributed by atoms with Gasteiger partial charge in [0.1, 0.15) is 18.1 Å². The van der Waals surface area contributed by atoms with Crippen molar-refractivity contribution in [3.63, 3.8) is 0 Å². The first-order valence-corrected chi connectivity index (χ1v) is 13.7. The summed E-state index contributed by atoms with van der Waals surface area (Å²) in [5, 5.41) is 9.34. The first-order chi connectivity index (χ1) is 19.7. The Morgan fingerprint density at radius 3 is 2.55 bits per heavy atom. The third-order valence-corrected chi connectivity index (χ3v) is 7.44. The van der Waals surface area contributed by atoms with Crippen LogP contribution in [0.3, 0.4) is 0 Å². The Kier molecular flexibility index (Phi) is 6.01. The Labute approximate surface area is 232 Å². The van der Waals surface area contributed by atoms with Gasteiger partial charge in [0.2, 0.25) is 4.96 Å². The van der Waals surface area contributed by atoms with E-state index in [0.29, 0.717) is 33.4 Å². The van der Waals surface area contributed by atoms with Gasteiger partial charge in [-0.3, -0.25) is 4.79 Å². The van der Waals surface area contributed by atoms with E-state index < -0.39 is 6.10 Å². The summed E-state index contributed by atoms with van der Waals surface area (Å²) in [4.78, 5) is 18.5. The molecule has 4 heterocycles. The van der Waals surface area contributed by atoms with Crippen LogP contribution in [0.2, 0.25) is 0 Å². The number of thiazole rings is 1. The molecule has 0 bridgehead atoms. The quantitative estimate of drug-likeness (QED) is 0.303. The highest BCUT2D eigenvalue weighted by molar-refractivity contribution is 7.15. The predicted octanol–water partition coefficient (Wildman–Crippen LogP) is 4.46. The fourth-order valence-corrected chi connectivity index (χ4v) is 5.48. The molecule has 1 unspecified atom stereocenters. The largest absolute Gasteiger partial charge is 0.494 e. The highest BCUT2D eigenvalue weighted by Crippen LogP contribution is 2.35. The number of para-hydroxylation sites is 3. The van der Waals surface area contributed by atoms with Gasteiger partial charge in [-0.05, 0) is 61.5 Å². The van der Waals surface area contributed by atoms with Crippen LogP contribution < -0.4 is 24.3 Å². The zero-order valence-corrected chi connectivity index (χ0v) is 22.2. The van der Waals surface area contributed by atoms with Crippen molar-refractivity contribution in [1.82, 2.24) is 24.4 Å². The standard InChI is InChI=1S/C30H23N5O4S/c1-2-37-22-14-12-19(13-15-22)27-20(17-34(32-27)21-8-4-3-5-9-21)16-26-29(36)35-30(40-26)31-28(33-35)25-18-38-23-10-6-7-11-24(23)39-25/h3-17,25H,2,18H2,1H3/b26-16-. The monoisotopic (exact) mass is 549 g/mol. The highest BCUT2D eigenvalue weighted by atomic mass is 32.1. The number of ether oxygens (including phenoxy) is 3. The van der Waals surface area contributed by atoms with Crippen molar-refractivity contribution in [3.05, 3.63) is 111 Å². The van der Waals surface area contributed by atoms with Crippen LogP contribution in [0.15, 0.2) is 89.9 Å². The van der Waals surface area contributed by atoms with Gasteiger partial charge in [-0.15, -0.1) is 5.10 Å². The summed E-state index contributed by atoms with van der Waals surface area (Å²) in [6.07, 6.45) is 3.27. The first-order valence-electron chi connectivity index (χ1n) is 12.8. The Hall–Kier alpha value is -4.96. The number of fused-ring (bicyclic) bond motifs is 2. The molecule has 10 heteroatoms. The van der Waals surface area contributed by atoms with Gasteiger partial charge >= 0.3 is 0 Å². The average Bonchev–Trinajstić information content (AvgIpc) is 3.69. The molecule has 0 N–H and O–H groups in total. The molecule has 9 nitrogen and oxygen atoms in total. The van der Waals surface area contributed by atoms with Gasteiger partial charge in [-0.1, -0.05) is 41.7 Å². The minimum Gasteiger partial charge on any atom is -0.494 e. The lowest BCUT2D eigenvalue weighted by Crippen LogP contribution is -2.26. The maximum absolute atomic E-state index is 13.4. The Balaban J connectivity index is 1.27. The summed E-state index contributed by atoms with van der Waals surface area (Å²) in [6, 6.07) is 25.1. The molecule has 40 heavy (non-hydrogen) atoms. The van der Waals surface area contributed by atoms with Gasteiger partial charge in [-0.25, -0.2) is 4.68 Å². The van der Waals surface area contributed by atoms with Gasteiger partial charge in [0.15, 0.2) is 23.4 Å². The number of nitrogens with zero attached hydrogens (tertiary/aromatic N) is 5. The third-order valence-electron chi connectivity index (χ3n) is 6.48. The second-order valence-electron chi connectivity index (χ2n) is 9.11. The Morgan fingerprint density at radius 2 is 1.77 bits per heavy atom. The minimum atomic E-state index is -0.496. The average molecular weight is 550 g/mol. The van der Waals surface area contributed by atoms with Crippen molar-refractivity contribution < 1.29 is 14.2 Å². The maximum Gasteiger partial charge on any atom is 0.291 e. The van der Waals surface area contributed by atoms with E-state index in [0.717, 1.165) is 28.3 Å². The Morgan fingerprint density at radius 1 is 1.00 bits per heavy atom. The highest BCUT2D eigenvalue weighted by Gasteiger charge is 2.27. The smallest absolute Gasteiger partial charge is 0.291 e. The molecule has 198 valence electrons. The summed E-state index contributed by atoms with van der Waals surface area (Å²) in [5.41, 5.74) is 3.13. The lowest BCUT2D eigenvalue weighted by molar-refractivity contribution is 0.0852. The second kappa shape index (κ2) is 9.97. The number of hydrogen-bond acceptors (Lipinski definition) is 8. The van der Waals surface area contributed by atoms with Crippen LogP contribution in [0.4, 0.5) is 0 Å². The summed E-state index contributed by atoms with van der Waals surface area (Å²) < 4.78 is 21.1.